The number of amides is 1. The number of rotatable bonds is 8. The summed E-state index contributed by atoms with van der Waals surface area (Å²) in [5.41, 5.74) is 1.56. The van der Waals surface area contributed by atoms with Gasteiger partial charge in [-0.25, -0.2) is 13.1 Å². The van der Waals surface area contributed by atoms with Crippen molar-refractivity contribution < 1.29 is 22.7 Å². The molecule has 0 bridgehead atoms. The van der Waals surface area contributed by atoms with Crippen molar-refractivity contribution in [2.24, 2.45) is 0 Å². The van der Waals surface area contributed by atoms with Crippen LogP contribution in [0.3, 0.4) is 0 Å². The summed E-state index contributed by atoms with van der Waals surface area (Å²) >= 11 is 0. The summed E-state index contributed by atoms with van der Waals surface area (Å²) in [6.45, 7) is 2.68. The van der Waals surface area contributed by atoms with Crippen LogP contribution >= 0.6 is 0 Å². The minimum absolute atomic E-state index is 0.0177. The molecule has 0 aromatic heterocycles. The first-order valence-corrected chi connectivity index (χ1v) is 12.4. The number of hydrogen-bond acceptors (Lipinski definition) is 5. The Hall–Kier alpha value is -2.42. The number of nitrogens with zero attached hydrogens (tertiary/aromatic N) is 1. The zero-order valence-corrected chi connectivity index (χ0v) is 19.7. The lowest BCUT2D eigenvalue weighted by molar-refractivity contribution is 0.0681. The smallest absolute Gasteiger partial charge is 0.254 e. The second-order valence-electron chi connectivity index (χ2n) is 8.14. The Bertz CT molecular complexity index is 990. The van der Waals surface area contributed by atoms with Crippen molar-refractivity contribution in [3.8, 4) is 5.75 Å². The van der Waals surface area contributed by atoms with Crippen LogP contribution in [0.5, 0.6) is 5.75 Å². The van der Waals surface area contributed by atoms with E-state index >= 15 is 0 Å². The van der Waals surface area contributed by atoms with Crippen LogP contribution < -0.4 is 9.46 Å². The minimum Gasteiger partial charge on any atom is -0.497 e. The highest BCUT2D eigenvalue weighted by atomic mass is 32.2. The zero-order valence-electron chi connectivity index (χ0n) is 18.9. The molecule has 8 heteroatoms. The van der Waals surface area contributed by atoms with E-state index in [1.165, 1.54) is 19.2 Å². The Balaban J connectivity index is 1.80. The minimum atomic E-state index is -3.68. The normalized spacial score (nSPS) is 18.1. The maximum Gasteiger partial charge on any atom is 0.254 e. The molecule has 1 N–H and O–H groups in total. The molecular formula is C24H32N2O5S. The van der Waals surface area contributed by atoms with Gasteiger partial charge in [0.15, 0.2) is 0 Å². The van der Waals surface area contributed by atoms with Gasteiger partial charge in [-0.3, -0.25) is 4.79 Å². The van der Waals surface area contributed by atoms with Crippen molar-refractivity contribution in [1.82, 2.24) is 9.62 Å². The molecule has 0 radical (unpaired) electrons. The number of likely N-dealkylation sites (tertiary alicyclic amines) is 1. The van der Waals surface area contributed by atoms with Crippen LogP contribution in [0.25, 0.3) is 0 Å². The number of methoxy groups -OCH3 is 2. The van der Waals surface area contributed by atoms with E-state index in [0.717, 1.165) is 37.0 Å². The van der Waals surface area contributed by atoms with Crippen molar-refractivity contribution in [1.29, 1.82) is 0 Å². The van der Waals surface area contributed by atoms with E-state index in [9.17, 15) is 13.2 Å². The van der Waals surface area contributed by atoms with E-state index in [1.807, 2.05) is 29.2 Å². The molecule has 0 spiro atoms. The SMILES string of the molecule is COC[C@H](C)NS(=O)(=O)c1ccc(C(=O)N2CCCCC[C@H]2c2ccc(OC)cc2)cc1. The number of nitrogens with one attached hydrogen (secondary N) is 1. The molecule has 1 fully saturated rings. The van der Waals surface area contributed by atoms with Gasteiger partial charge in [0.1, 0.15) is 5.75 Å². The van der Waals surface area contributed by atoms with E-state index in [-0.39, 0.29) is 29.5 Å². The largest absolute Gasteiger partial charge is 0.497 e. The summed E-state index contributed by atoms with van der Waals surface area (Å²) in [7, 11) is -0.528. The molecule has 32 heavy (non-hydrogen) atoms. The molecular weight excluding hydrogens is 428 g/mol. The summed E-state index contributed by atoms with van der Waals surface area (Å²) in [6, 6.07) is 13.6. The van der Waals surface area contributed by atoms with Gasteiger partial charge in [0.05, 0.1) is 24.7 Å². The van der Waals surface area contributed by atoms with Gasteiger partial charge in [-0.1, -0.05) is 25.0 Å². The van der Waals surface area contributed by atoms with Crippen molar-refractivity contribution in [2.75, 3.05) is 27.4 Å². The fourth-order valence-electron chi connectivity index (χ4n) is 4.08. The molecule has 3 rings (SSSR count). The molecule has 1 heterocycles. The first-order valence-electron chi connectivity index (χ1n) is 10.9. The highest BCUT2D eigenvalue weighted by Crippen LogP contribution is 2.32. The molecule has 1 aliphatic rings. The monoisotopic (exact) mass is 460 g/mol. The molecule has 1 aliphatic heterocycles. The summed E-state index contributed by atoms with van der Waals surface area (Å²) in [6.07, 6.45) is 3.99. The molecule has 2 aromatic rings. The van der Waals surface area contributed by atoms with Crippen LogP contribution in [-0.4, -0.2) is 52.6 Å². The molecule has 1 saturated heterocycles. The van der Waals surface area contributed by atoms with Gasteiger partial charge >= 0.3 is 0 Å². The number of carbonyl (C=O) groups is 1. The average molecular weight is 461 g/mol. The van der Waals surface area contributed by atoms with E-state index in [0.29, 0.717) is 12.1 Å². The Morgan fingerprint density at radius 3 is 2.38 bits per heavy atom. The zero-order chi connectivity index (χ0) is 23.1. The number of sulfonamides is 1. The lowest BCUT2D eigenvalue weighted by Crippen LogP contribution is -2.36. The first kappa shape index (κ1) is 24.2. The van der Waals surface area contributed by atoms with Gasteiger partial charge in [-0.2, -0.15) is 0 Å². The molecule has 0 aliphatic carbocycles. The van der Waals surface area contributed by atoms with Crippen molar-refractivity contribution in [2.45, 2.75) is 49.6 Å². The van der Waals surface area contributed by atoms with Gasteiger partial charge in [0.25, 0.3) is 5.91 Å². The standard InChI is InChI=1S/C24H32N2O5S/c1-18(17-30-2)25-32(28,29)22-14-10-20(11-15-22)24(27)26-16-6-4-5-7-23(26)19-8-12-21(31-3)13-9-19/h8-15,18,23,25H,4-7,16-17H2,1-3H3/t18-,23-/m0/s1. The lowest BCUT2D eigenvalue weighted by Gasteiger charge is -2.31. The summed E-state index contributed by atoms with van der Waals surface area (Å²) in [5, 5.41) is 0. The molecule has 174 valence electrons. The second-order valence-corrected chi connectivity index (χ2v) is 9.85. The van der Waals surface area contributed by atoms with Crippen LogP contribution in [0.15, 0.2) is 53.4 Å². The van der Waals surface area contributed by atoms with E-state index in [1.54, 1.807) is 26.2 Å². The highest BCUT2D eigenvalue weighted by Gasteiger charge is 2.28. The Kier molecular flexibility index (Phi) is 8.28. The van der Waals surface area contributed by atoms with Gasteiger partial charge in [-0.05, 0) is 61.7 Å². The molecule has 2 aromatic carbocycles. The van der Waals surface area contributed by atoms with E-state index in [4.69, 9.17) is 9.47 Å². The lowest BCUT2D eigenvalue weighted by atomic mass is 10.00. The highest BCUT2D eigenvalue weighted by molar-refractivity contribution is 7.89. The summed E-state index contributed by atoms with van der Waals surface area (Å²) in [5.74, 6) is 0.697. The third kappa shape index (κ3) is 5.88. The van der Waals surface area contributed by atoms with E-state index < -0.39 is 10.0 Å². The predicted molar refractivity (Wildman–Crippen MR) is 123 cm³/mol. The van der Waals surface area contributed by atoms with Crippen LogP contribution in [-0.2, 0) is 14.8 Å². The number of ether oxygens (including phenoxy) is 2. The second kappa shape index (κ2) is 10.9. The predicted octanol–water partition coefficient (Wildman–Crippen LogP) is 3.77. The third-order valence-corrected chi connectivity index (χ3v) is 7.30. The third-order valence-electron chi connectivity index (χ3n) is 5.70. The fourth-order valence-corrected chi connectivity index (χ4v) is 5.31. The number of carbonyl (C=O) groups excluding carboxylic acids is 1. The molecule has 1 amide bonds. The maximum atomic E-state index is 13.4. The van der Waals surface area contributed by atoms with Crippen LogP contribution in [0.4, 0.5) is 0 Å². The molecule has 7 nitrogen and oxygen atoms in total. The van der Waals surface area contributed by atoms with Crippen molar-refractivity contribution >= 4 is 15.9 Å². The number of hydrogen-bond donors (Lipinski definition) is 1. The van der Waals surface area contributed by atoms with Crippen LogP contribution in [0.1, 0.15) is 54.6 Å². The molecule has 0 saturated carbocycles. The summed E-state index contributed by atoms with van der Waals surface area (Å²) in [4.78, 5) is 15.4. The Morgan fingerprint density at radius 2 is 1.75 bits per heavy atom. The maximum absolute atomic E-state index is 13.4. The van der Waals surface area contributed by atoms with E-state index in [2.05, 4.69) is 4.72 Å². The molecule has 0 unspecified atom stereocenters. The quantitative estimate of drug-likeness (QED) is 0.648. The molecule has 2 atom stereocenters. The van der Waals surface area contributed by atoms with Gasteiger partial charge in [-0.15, -0.1) is 0 Å². The van der Waals surface area contributed by atoms with Crippen LogP contribution in [0, 0.1) is 0 Å². The van der Waals surface area contributed by atoms with Crippen LogP contribution in [0.2, 0.25) is 0 Å². The van der Waals surface area contributed by atoms with Gasteiger partial charge in [0, 0.05) is 25.3 Å². The first-order chi connectivity index (χ1) is 15.4. The van der Waals surface area contributed by atoms with Gasteiger partial charge < -0.3 is 14.4 Å². The Labute approximate surface area is 190 Å². The fraction of sp³-hybridized carbons (Fsp3) is 0.458. The van der Waals surface area contributed by atoms with Crippen molar-refractivity contribution in [3.63, 3.8) is 0 Å². The Morgan fingerprint density at radius 1 is 1.06 bits per heavy atom. The number of benzene rings is 2. The summed E-state index contributed by atoms with van der Waals surface area (Å²) < 4.78 is 37.9. The average Bonchev–Trinajstić information content (AvgIpc) is 3.05. The van der Waals surface area contributed by atoms with Gasteiger partial charge in [0.2, 0.25) is 10.0 Å². The topological polar surface area (TPSA) is 84.9 Å². The van der Waals surface area contributed by atoms with Crippen molar-refractivity contribution in [3.05, 3.63) is 59.7 Å².